The maximum atomic E-state index is 11.7. The minimum atomic E-state index is 0.331. The molecule has 0 aromatic heterocycles. The molecule has 1 aromatic carbocycles. The number of carbonyl (C=O) groups is 1. The van der Waals surface area contributed by atoms with Crippen LogP contribution in [-0.2, 0) is 4.79 Å². The number of hydrogen-bond donors (Lipinski definition) is 0. The topological polar surface area (TPSA) is 17.1 Å². The lowest BCUT2D eigenvalue weighted by atomic mass is 9.85. The molecule has 0 N–H and O–H groups in total. The molecule has 1 heteroatoms. The molecule has 1 saturated carbocycles. The molecular formula is C14H16O. The normalized spacial score (nSPS) is 24.5. The van der Waals surface area contributed by atoms with Crippen LogP contribution in [0.3, 0.4) is 0 Å². The van der Waals surface area contributed by atoms with E-state index in [-0.39, 0.29) is 0 Å². The van der Waals surface area contributed by atoms with Crippen molar-refractivity contribution in [2.24, 2.45) is 5.92 Å². The Kier molecular flexibility index (Phi) is 3.00. The third-order valence-corrected chi connectivity index (χ3v) is 2.94. The van der Waals surface area contributed by atoms with Gasteiger partial charge in [0.05, 0.1) is 0 Å². The van der Waals surface area contributed by atoms with Crippen molar-refractivity contribution < 1.29 is 4.79 Å². The molecule has 1 fully saturated rings. The summed E-state index contributed by atoms with van der Waals surface area (Å²) in [6, 6.07) is 10.1. The van der Waals surface area contributed by atoms with Crippen molar-refractivity contribution in [3.63, 3.8) is 0 Å². The summed E-state index contributed by atoms with van der Waals surface area (Å²) in [6.45, 7) is 2.15. The second kappa shape index (κ2) is 4.43. The second-order valence-electron chi connectivity index (χ2n) is 4.35. The van der Waals surface area contributed by atoms with Crippen LogP contribution in [0.1, 0.15) is 31.7 Å². The Hall–Kier alpha value is -1.37. The highest BCUT2D eigenvalue weighted by atomic mass is 16.1. The van der Waals surface area contributed by atoms with Crippen molar-refractivity contribution >= 4 is 11.9 Å². The summed E-state index contributed by atoms with van der Waals surface area (Å²) in [5.74, 6) is 0.892. The van der Waals surface area contributed by atoms with Crippen molar-refractivity contribution in [3.8, 4) is 0 Å². The average molecular weight is 200 g/mol. The fraction of sp³-hybridized carbons (Fsp3) is 0.357. The van der Waals surface area contributed by atoms with Crippen LogP contribution in [0.2, 0.25) is 0 Å². The molecular weight excluding hydrogens is 184 g/mol. The Balaban J connectivity index is 2.17. The molecule has 0 aliphatic heterocycles. The van der Waals surface area contributed by atoms with Gasteiger partial charge in [-0.05, 0) is 36.0 Å². The van der Waals surface area contributed by atoms with Crippen LogP contribution >= 0.6 is 0 Å². The number of ketones is 1. The summed E-state index contributed by atoms with van der Waals surface area (Å²) >= 11 is 0. The average Bonchev–Trinajstić information content (AvgIpc) is 2.24. The largest absolute Gasteiger partial charge is 0.295 e. The van der Waals surface area contributed by atoms with Gasteiger partial charge in [-0.15, -0.1) is 0 Å². The molecule has 0 radical (unpaired) electrons. The zero-order valence-corrected chi connectivity index (χ0v) is 9.07. The molecule has 0 heterocycles. The van der Waals surface area contributed by atoms with E-state index in [2.05, 4.69) is 6.92 Å². The number of Topliss-reactive ketones (excluding diaryl/α,β-unsaturated/α-hetero) is 1. The number of benzene rings is 1. The number of carbonyl (C=O) groups excluding carboxylic acids is 1. The molecule has 2 rings (SSSR count). The fourth-order valence-corrected chi connectivity index (χ4v) is 1.99. The molecule has 78 valence electrons. The number of hydrogen-bond acceptors (Lipinski definition) is 1. The molecule has 1 nitrogen and oxygen atoms in total. The van der Waals surface area contributed by atoms with Crippen LogP contribution in [0.4, 0.5) is 0 Å². The van der Waals surface area contributed by atoms with E-state index in [1.54, 1.807) is 0 Å². The first-order valence-corrected chi connectivity index (χ1v) is 5.54. The lowest BCUT2D eigenvalue weighted by molar-refractivity contribution is -0.117. The molecule has 1 aliphatic carbocycles. The first-order chi connectivity index (χ1) is 7.25. The van der Waals surface area contributed by atoms with Crippen LogP contribution in [0.25, 0.3) is 6.08 Å². The Labute approximate surface area is 90.8 Å². The highest BCUT2D eigenvalue weighted by Crippen LogP contribution is 2.26. The first-order valence-electron chi connectivity index (χ1n) is 5.54. The molecule has 0 spiro atoms. The zero-order valence-electron chi connectivity index (χ0n) is 9.07. The SMILES string of the molecule is CC1CC/C(=C/c2ccccc2)C(=O)C1. The maximum absolute atomic E-state index is 11.7. The molecule has 0 bridgehead atoms. The van der Waals surface area contributed by atoms with Gasteiger partial charge >= 0.3 is 0 Å². The van der Waals surface area contributed by atoms with Crippen molar-refractivity contribution in [1.82, 2.24) is 0 Å². The van der Waals surface area contributed by atoms with Gasteiger partial charge in [0.1, 0.15) is 0 Å². The van der Waals surface area contributed by atoms with Crippen LogP contribution in [-0.4, -0.2) is 5.78 Å². The summed E-state index contributed by atoms with van der Waals surface area (Å²) in [6.07, 6.45) is 4.84. The predicted octanol–water partition coefficient (Wildman–Crippen LogP) is 3.46. The highest BCUT2D eigenvalue weighted by molar-refractivity contribution is 6.00. The van der Waals surface area contributed by atoms with Gasteiger partial charge in [0.2, 0.25) is 0 Å². The summed E-state index contributed by atoms with van der Waals surface area (Å²) in [7, 11) is 0. The molecule has 1 aliphatic rings. The second-order valence-corrected chi connectivity index (χ2v) is 4.35. The predicted molar refractivity (Wildman–Crippen MR) is 62.4 cm³/mol. The monoisotopic (exact) mass is 200 g/mol. The van der Waals surface area contributed by atoms with Crippen LogP contribution in [0.15, 0.2) is 35.9 Å². The summed E-state index contributed by atoms with van der Waals surface area (Å²) in [5, 5.41) is 0. The van der Waals surface area contributed by atoms with E-state index in [1.807, 2.05) is 36.4 Å². The minimum absolute atomic E-state index is 0.331. The van der Waals surface area contributed by atoms with Crippen LogP contribution in [0, 0.1) is 5.92 Å². The van der Waals surface area contributed by atoms with Gasteiger partial charge in [0.15, 0.2) is 5.78 Å². The Morgan fingerprint density at radius 1 is 1.27 bits per heavy atom. The van der Waals surface area contributed by atoms with E-state index < -0.39 is 0 Å². The molecule has 15 heavy (non-hydrogen) atoms. The van der Waals surface area contributed by atoms with E-state index in [9.17, 15) is 4.79 Å². The maximum Gasteiger partial charge on any atom is 0.159 e. The zero-order chi connectivity index (χ0) is 10.7. The van der Waals surface area contributed by atoms with E-state index in [0.717, 1.165) is 30.4 Å². The van der Waals surface area contributed by atoms with Crippen LogP contribution in [0.5, 0.6) is 0 Å². The van der Waals surface area contributed by atoms with Gasteiger partial charge in [0, 0.05) is 6.42 Å². The fourth-order valence-electron chi connectivity index (χ4n) is 1.99. The van der Waals surface area contributed by atoms with Crippen molar-refractivity contribution in [3.05, 3.63) is 41.5 Å². The van der Waals surface area contributed by atoms with Crippen molar-refractivity contribution in [2.45, 2.75) is 26.2 Å². The Morgan fingerprint density at radius 2 is 2.00 bits per heavy atom. The first kappa shape index (κ1) is 10.2. The quantitative estimate of drug-likeness (QED) is 0.634. The van der Waals surface area contributed by atoms with E-state index in [4.69, 9.17) is 0 Å². The molecule has 1 unspecified atom stereocenters. The third kappa shape index (κ3) is 2.56. The number of rotatable bonds is 1. The summed E-state index contributed by atoms with van der Waals surface area (Å²) < 4.78 is 0. The standard InChI is InChI=1S/C14H16O/c1-11-7-8-13(14(15)9-11)10-12-5-3-2-4-6-12/h2-6,10-11H,7-9H2,1H3/b13-10-. The molecule has 0 saturated heterocycles. The lowest BCUT2D eigenvalue weighted by Gasteiger charge is -2.18. The summed E-state index contributed by atoms with van der Waals surface area (Å²) in [5.41, 5.74) is 2.13. The van der Waals surface area contributed by atoms with Crippen molar-refractivity contribution in [2.75, 3.05) is 0 Å². The summed E-state index contributed by atoms with van der Waals surface area (Å²) in [4.78, 5) is 11.7. The minimum Gasteiger partial charge on any atom is -0.295 e. The van der Waals surface area contributed by atoms with E-state index in [1.165, 1.54) is 0 Å². The van der Waals surface area contributed by atoms with Gasteiger partial charge in [-0.1, -0.05) is 37.3 Å². The third-order valence-electron chi connectivity index (χ3n) is 2.94. The number of allylic oxidation sites excluding steroid dienone is 1. The van der Waals surface area contributed by atoms with Crippen molar-refractivity contribution in [1.29, 1.82) is 0 Å². The Morgan fingerprint density at radius 3 is 2.67 bits per heavy atom. The molecule has 1 atom stereocenters. The molecule has 0 amide bonds. The van der Waals surface area contributed by atoms with Gasteiger partial charge in [-0.3, -0.25) is 4.79 Å². The van der Waals surface area contributed by atoms with Gasteiger partial charge in [-0.25, -0.2) is 0 Å². The van der Waals surface area contributed by atoms with E-state index >= 15 is 0 Å². The van der Waals surface area contributed by atoms with Gasteiger partial charge < -0.3 is 0 Å². The lowest BCUT2D eigenvalue weighted by Crippen LogP contribution is -2.15. The van der Waals surface area contributed by atoms with Crippen LogP contribution < -0.4 is 0 Å². The highest BCUT2D eigenvalue weighted by Gasteiger charge is 2.19. The van der Waals surface area contributed by atoms with E-state index in [0.29, 0.717) is 11.7 Å². The van der Waals surface area contributed by atoms with Gasteiger partial charge in [-0.2, -0.15) is 0 Å². The Bertz CT molecular complexity index is 376. The van der Waals surface area contributed by atoms with Gasteiger partial charge in [0.25, 0.3) is 0 Å². The molecule has 1 aromatic rings. The smallest absolute Gasteiger partial charge is 0.159 e.